The van der Waals surface area contributed by atoms with E-state index in [0.717, 1.165) is 18.4 Å². The van der Waals surface area contributed by atoms with Gasteiger partial charge in [-0.05, 0) is 32.3 Å². The number of carbonyl (C=O) groups excluding carboxylic acids is 1. The predicted molar refractivity (Wildman–Crippen MR) is 145 cm³/mol. The molecular formula is C28H31N7O4. The van der Waals surface area contributed by atoms with Crippen LogP contribution < -0.4 is 16.0 Å². The smallest absolute Gasteiger partial charge is 0.255 e. The molecule has 0 saturated carbocycles. The highest BCUT2D eigenvalue weighted by Crippen LogP contribution is 2.35. The van der Waals surface area contributed by atoms with E-state index >= 15 is 0 Å². The fraction of sp³-hybridized carbons (Fsp3) is 0.393. The topological polar surface area (TPSA) is 143 Å². The largest absolute Gasteiger partial charge is 0.475 e. The number of pyridine rings is 1. The van der Waals surface area contributed by atoms with Gasteiger partial charge in [0.25, 0.3) is 5.91 Å². The average molecular weight is 530 g/mol. The number of aliphatic hydroxyl groups excluding tert-OH is 1. The molecule has 1 atom stereocenters. The maximum absolute atomic E-state index is 12.2. The minimum atomic E-state index is -0.599. The molecule has 0 bridgehead atoms. The Balaban J connectivity index is 1.34. The van der Waals surface area contributed by atoms with Gasteiger partial charge in [0.2, 0.25) is 11.8 Å². The number of amides is 1. The summed E-state index contributed by atoms with van der Waals surface area (Å²) in [5.41, 5.74) is 2.53. The molecule has 3 aromatic rings. The first-order chi connectivity index (χ1) is 18.9. The van der Waals surface area contributed by atoms with E-state index in [0.29, 0.717) is 60.0 Å². The summed E-state index contributed by atoms with van der Waals surface area (Å²) in [6.07, 6.45) is 4.83. The van der Waals surface area contributed by atoms with Crippen molar-refractivity contribution in [1.29, 1.82) is 0 Å². The van der Waals surface area contributed by atoms with Crippen LogP contribution in [0.2, 0.25) is 0 Å². The molecule has 5 heterocycles. The van der Waals surface area contributed by atoms with Gasteiger partial charge in [-0.25, -0.2) is 19.9 Å². The third-order valence-electron chi connectivity index (χ3n) is 7.38. The summed E-state index contributed by atoms with van der Waals surface area (Å²) < 4.78 is 11.6. The van der Waals surface area contributed by atoms with Crippen molar-refractivity contribution < 1.29 is 19.4 Å². The lowest BCUT2D eigenvalue weighted by Gasteiger charge is -2.28. The zero-order chi connectivity index (χ0) is 27.0. The minimum Gasteiger partial charge on any atom is -0.475 e. The number of fused-ring (bicyclic) bond motifs is 1. The number of aliphatic hydroxyl groups is 1. The number of aromatic nitrogens is 3. The third kappa shape index (κ3) is 4.90. The summed E-state index contributed by atoms with van der Waals surface area (Å²) in [6.45, 7) is 5.49. The Morgan fingerprint density at radius 1 is 1.10 bits per heavy atom. The van der Waals surface area contributed by atoms with Gasteiger partial charge in [0.1, 0.15) is 18.0 Å². The highest BCUT2D eigenvalue weighted by atomic mass is 16.5. The van der Waals surface area contributed by atoms with Crippen LogP contribution in [0.5, 0.6) is 0 Å². The van der Waals surface area contributed by atoms with Crippen LogP contribution in [0.25, 0.3) is 0 Å². The van der Waals surface area contributed by atoms with Crippen molar-refractivity contribution in [1.82, 2.24) is 20.3 Å². The molecule has 1 spiro atoms. The molecular weight excluding hydrogens is 498 g/mol. The van der Waals surface area contributed by atoms with E-state index in [1.54, 1.807) is 6.20 Å². The molecule has 1 saturated heterocycles. The number of ether oxygens (including phenoxy) is 2. The molecule has 0 aliphatic carbocycles. The molecule has 11 heteroatoms. The molecule has 0 unspecified atom stereocenters. The predicted octanol–water partition coefficient (Wildman–Crippen LogP) is 3.07. The van der Waals surface area contributed by atoms with Crippen LogP contribution in [0.15, 0.2) is 53.8 Å². The number of hydrogen-bond donors (Lipinski definition) is 4. The van der Waals surface area contributed by atoms with Crippen LogP contribution in [0.4, 0.5) is 17.5 Å². The summed E-state index contributed by atoms with van der Waals surface area (Å²) in [5.74, 6) is 1.14. The zero-order valence-corrected chi connectivity index (χ0v) is 21.9. The molecule has 1 aromatic carbocycles. The summed E-state index contributed by atoms with van der Waals surface area (Å²) in [7, 11) is 0. The second kappa shape index (κ2) is 9.90. The second-order valence-corrected chi connectivity index (χ2v) is 10.6. The van der Waals surface area contributed by atoms with Gasteiger partial charge in [-0.3, -0.25) is 4.79 Å². The Labute approximate surface area is 226 Å². The van der Waals surface area contributed by atoms with Crippen molar-refractivity contribution in [3.8, 4) is 0 Å². The summed E-state index contributed by atoms with van der Waals surface area (Å²) in [5, 5.41) is 19.8. The first-order valence-corrected chi connectivity index (χ1v) is 13.1. The Morgan fingerprint density at radius 3 is 2.64 bits per heavy atom. The molecule has 3 aliphatic heterocycles. The maximum atomic E-state index is 12.2. The SMILES string of the molecule is CC1(C)NC(=O)c2cnc(Nc3cc(N[C@H](CO)c4ccccc4)c(C4=NC5(CCOCC5)CO4)cn3)nc21. The molecule has 1 amide bonds. The Morgan fingerprint density at radius 2 is 1.87 bits per heavy atom. The lowest BCUT2D eigenvalue weighted by Crippen LogP contribution is -2.35. The third-order valence-corrected chi connectivity index (χ3v) is 7.38. The quantitative estimate of drug-likeness (QED) is 0.363. The van der Waals surface area contributed by atoms with E-state index in [2.05, 4.69) is 30.9 Å². The van der Waals surface area contributed by atoms with Gasteiger partial charge in [0.05, 0.1) is 40.7 Å². The zero-order valence-electron chi connectivity index (χ0n) is 21.9. The fourth-order valence-electron chi connectivity index (χ4n) is 5.16. The van der Waals surface area contributed by atoms with Crippen molar-refractivity contribution in [3.05, 3.63) is 71.2 Å². The Kier molecular flexibility index (Phi) is 6.40. The summed E-state index contributed by atoms with van der Waals surface area (Å²) in [4.78, 5) is 30.7. The average Bonchev–Trinajstić information content (AvgIpc) is 3.44. The highest BCUT2D eigenvalue weighted by Gasteiger charge is 2.40. The van der Waals surface area contributed by atoms with Gasteiger partial charge in [-0.2, -0.15) is 0 Å². The molecule has 4 N–H and O–H groups in total. The minimum absolute atomic E-state index is 0.118. The maximum Gasteiger partial charge on any atom is 0.255 e. The van der Waals surface area contributed by atoms with Crippen LogP contribution in [0.3, 0.4) is 0 Å². The van der Waals surface area contributed by atoms with E-state index in [-0.39, 0.29) is 24.1 Å². The van der Waals surface area contributed by atoms with Crippen molar-refractivity contribution in [3.63, 3.8) is 0 Å². The number of hydrogen-bond acceptors (Lipinski definition) is 10. The van der Waals surface area contributed by atoms with Gasteiger partial charge in [-0.15, -0.1) is 0 Å². The number of nitrogens with zero attached hydrogens (tertiary/aromatic N) is 4. The van der Waals surface area contributed by atoms with Crippen LogP contribution in [0.1, 0.15) is 59.9 Å². The van der Waals surface area contributed by atoms with E-state index < -0.39 is 5.54 Å². The van der Waals surface area contributed by atoms with Gasteiger partial charge in [-0.1, -0.05) is 30.3 Å². The first-order valence-electron chi connectivity index (χ1n) is 13.1. The number of benzene rings is 1. The molecule has 202 valence electrons. The number of anilines is 3. The lowest BCUT2D eigenvalue weighted by molar-refractivity contribution is 0.0442. The molecule has 11 nitrogen and oxygen atoms in total. The normalized spacial score (nSPS) is 19.6. The highest BCUT2D eigenvalue weighted by molar-refractivity contribution is 6.01. The number of nitrogens with one attached hydrogen (secondary N) is 3. The van der Waals surface area contributed by atoms with Crippen molar-refractivity contribution >= 4 is 29.3 Å². The summed E-state index contributed by atoms with van der Waals surface area (Å²) >= 11 is 0. The first kappa shape index (κ1) is 25.2. The molecule has 6 rings (SSSR count). The van der Waals surface area contributed by atoms with E-state index in [1.807, 2.05) is 50.2 Å². The van der Waals surface area contributed by atoms with Crippen LogP contribution in [0, 0.1) is 0 Å². The standard InChI is InChI=1S/C28H31N7O4/c1-27(2)23-19(24(37)34-27)14-30-26(33-23)32-22-12-20(31-21(15-36)17-6-4-3-5-7-17)18(13-29-22)25-35-28(16-39-25)8-10-38-11-9-28/h3-7,12-14,21,36H,8-11,15-16H2,1-2H3,(H,34,37)(H2,29,30,31,32,33)/t21-/m1/s1. The monoisotopic (exact) mass is 529 g/mol. The van der Waals surface area contributed by atoms with Gasteiger partial charge < -0.3 is 30.5 Å². The van der Waals surface area contributed by atoms with Crippen LogP contribution in [-0.2, 0) is 15.0 Å². The second-order valence-electron chi connectivity index (χ2n) is 10.6. The number of aliphatic imine (C=N–C) groups is 1. The fourth-order valence-corrected chi connectivity index (χ4v) is 5.16. The van der Waals surface area contributed by atoms with E-state index in [9.17, 15) is 9.90 Å². The van der Waals surface area contributed by atoms with Crippen molar-refractivity contribution in [2.75, 3.05) is 37.1 Å². The summed E-state index contributed by atoms with van der Waals surface area (Å²) in [6, 6.07) is 11.2. The Hall–Kier alpha value is -4.09. The van der Waals surface area contributed by atoms with Gasteiger partial charge in [0.15, 0.2) is 0 Å². The van der Waals surface area contributed by atoms with Crippen molar-refractivity contribution in [2.24, 2.45) is 4.99 Å². The molecule has 39 heavy (non-hydrogen) atoms. The van der Waals surface area contributed by atoms with Crippen LogP contribution in [-0.4, -0.2) is 63.8 Å². The van der Waals surface area contributed by atoms with E-state index in [1.165, 1.54) is 6.20 Å². The van der Waals surface area contributed by atoms with E-state index in [4.69, 9.17) is 14.5 Å². The van der Waals surface area contributed by atoms with Crippen molar-refractivity contribution in [2.45, 2.75) is 43.8 Å². The van der Waals surface area contributed by atoms with Gasteiger partial charge in [0, 0.05) is 31.7 Å². The van der Waals surface area contributed by atoms with Gasteiger partial charge >= 0.3 is 0 Å². The van der Waals surface area contributed by atoms with Crippen LogP contribution >= 0.6 is 0 Å². The molecule has 1 fully saturated rings. The lowest BCUT2D eigenvalue weighted by atomic mass is 9.92. The number of rotatable bonds is 7. The molecule has 3 aliphatic rings. The molecule has 2 aromatic heterocycles. The number of carbonyl (C=O) groups is 1. The molecule has 0 radical (unpaired) electrons. The Bertz CT molecular complexity index is 1420.